The Bertz CT molecular complexity index is 570. The Kier molecular flexibility index (Phi) is 3.09. The summed E-state index contributed by atoms with van der Waals surface area (Å²) in [4.78, 5) is 23.2. The summed E-state index contributed by atoms with van der Waals surface area (Å²) in [5.74, 6) is -0.0985. The van der Waals surface area contributed by atoms with Gasteiger partial charge in [0.2, 0.25) is 0 Å². The van der Waals surface area contributed by atoms with Crippen molar-refractivity contribution in [3.63, 3.8) is 0 Å². The molecule has 0 aromatic carbocycles. The van der Waals surface area contributed by atoms with E-state index in [1.165, 1.54) is 10.8 Å². The Labute approximate surface area is 97.7 Å². The number of amides is 1. The third-order valence-corrected chi connectivity index (χ3v) is 2.39. The number of rotatable bonds is 3. The van der Waals surface area contributed by atoms with Crippen LogP contribution in [-0.4, -0.2) is 10.5 Å². The Balaban J connectivity index is 2.06. The van der Waals surface area contributed by atoms with E-state index in [9.17, 15) is 9.59 Å². The van der Waals surface area contributed by atoms with Crippen LogP contribution in [0.1, 0.15) is 16.1 Å². The molecule has 0 spiro atoms. The van der Waals surface area contributed by atoms with Gasteiger partial charge >= 0.3 is 0 Å². The van der Waals surface area contributed by atoms with Crippen molar-refractivity contribution in [3.05, 3.63) is 58.4 Å². The van der Waals surface area contributed by atoms with Gasteiger partial charge in [-0.15, -0.1) is 0 Å². The van der Waals surface area contributed by atoms with Gasteiger partial charge in [0.15, 0.2) is 5.76 Å². The molecule has 0 saturated heterocycles. The fourth-order valence-corrected chi connectivity index (χ4v) is 1.46. The van der Waals surface area contributed by atoms with E-state index >= 15 is 0 Å². The van der Waals surface area contributed by atoms with Gasteiger partial charge in [-0.3, -0.25) is 9.59 Å². The molecule has 0 atom stereocenters. The fraction of sp³-hybridized carbons (Fsp3) is 0.167. The number of nitrogens with one attached hydrogen (secondary N) is 1. The zero-order chi connectivity index (χ0) is 12.3. The maximum Gasteiger partial charge on any atom is 0.287 e. The Morgan fingerprint density at radius 2 is 2.24 bits per heavy atom. The van der Waals surface area contributed by atoms with Gasteiger partial charge in [0.05, 0.1) is 6.26 Å². The molecule has 0 aliphatic rings. The summed E-state index contributed by atoms with van der Waals surface area (Å²) in [6.07, 6.45) is 3.09. The predicted octanol–water partition coefficient (Wildman–Crippen LogP) is 0.908. The van der Waals surface area contributed by atoms with Crippen LogP contribution in [0.2, 0.25) is 0 Å². The van der Waals surface area contributed by atoms with Gasteiger partial charge < -0.3 is 14.3 Å². The van der Waals surface area contributed by atoms with Crippen LogP contribution in [-0.2, 0) is 13.6 Å². The van der Waals surface area contributed by atoms with Crippen LogP contribution in [0.3, 0.4) is 0 Å². The molecule has 5 nitrogen and oxygen atoms in total. The molecule has 0 unspecified atom stereocenters. The van der Waals surface area contributed by atoms with Crippen LogP contribution in [0.25, 0.3) is 0 Å². The van der Waals surface area contributed by atoms with E-state index in [4.69, 9.17) is 4.42 Å². The summed E-state index contributed by atoms with van der Waals surface area (Å²) in [6, 6.07) is 6.65. The molecule has 2 heterocycles. The molecule has 88 valence electrons. The van der Waals surface area contributed by atoms with E-state index in [-0.39, 0.29) is 23.8 Å². The van der Waals surface area contributed by atoms with Crippen LogP contribution >= 0.6 is 0 Å². The number of aryl methyl sites for hydroxylation is 1. The highest BCUT2D eigenvalue weighted by Crippen LogP contribution is 1.99. The lowest BCUT2D eigenvalue weighted by Crippen LogP contribution is -2.28. The molecular weight excluding hydrogens is 220 g/mol. The molecule has 0 aliphatic carbocycles. The van der Waals surface area contributed by atoms with Crippen molar-refractivity contribution in [2.45, 2.75) is 6.54 Å². The highest BCUT2D eigenvalue weighted by Gasteiger charge is 2.08. The molecule has 2 rings (SSSR count). The molecular formula is C12H12N2O3. The Hall–Kier alpha value is -2.30. The van der Waals surface area contributed by atoms with E-state index < -0.39 is 0 Å². The van der Waals surface area contributed by atoms with Gasteiger partial charge in [-0.25, -0.2) is 0 Å². The molecule has 0 saturated carbocycles. The second-order valence-electron chi connectivity index (χ2n) is 3.61. The maximum atomic E-state index is 11.7. The molecule has 0 aliphatic heterocycles. The summed E-state index contributed by atoms with van der Waals surface area (Å²) in [5, 5.41) is 2.62. The van der Waals surface area contributed by atoms with E-state index in [0.717, 1.165) is 0 Å². The molecule has 2 aromatic heterocycles. The molecule has 2 aromatic rings. The topological polar surface area (TPSA) is 64.2 Å². The molecule has 1 amide bonds. The van der Waals surface area contributed by atoms with E-state index in [1.807, 2.05) is 0 Å². The number of nitrogens with zero attached hydrogens (tertiary/aromatic N) is 1. The number of aromatic nitrogens is 1. The molecule has 0 fully saturated rings. The summed E-state index contributed by atoms with van der Waals surface area (Å²) < 4.78 is 6.41. The van der Waals surface area contributed by atoms with Gasteiger partial charge in [0, 0.05) is 25.4 Å². The minimum absolute atomic E-state index is 0.118. The van der Waals surface area contributed by atoms with E-state index in [1.54, 1.807) is 37.5 Å². The second-order valence-corrected chi connectivity index (χ2v) is 3.61. The van der Waals surface area contributed by atoms with Gasteiger partial charge in [0.25, 0.3) is 11.5 Å². The number of carbonyl (C=O) groups is 1. The monoisotopic (exact) mass is 232 g/mol. The SMILES string of the molecule is Cn1cccc(CNC(=O)c2ccco2)c1=O. The zero-order valence-electron chi connectivity index (χ0n) is 9.34. The summed E-state index contributed by atoms with van der Waals surface area (Å²) in [6.45, 7) is 0.188. The van der Waals surface area contributed by atoms with Crippen LogP contribution in [0.5, 0.6) is 0 Å². The summed E-state index contributed by atoms with van der Waals surface area (Å²) in [5.41, 5.74) is 0.419. The third-order valence-electron chi connectivity index (χ3n) is 2.39. The van der Waals surface area contributed by atoms with Crippen LogP contribution in [0, 0.1) is 0 Å². The number of pyridine rings is 1. The highest BCUT2D eigenvalue weighted by molar-refractivity contribution is 5.91. The minimum Gasteiger partial charge on any atom is -0.459 e. The van der Waals surface area contributed by atoms with Crippen molar-refractivity contribution in [1.82, 2.24) is 9.88 Å². The second kappa shape index (κ2) is 4.69. The maximum absolute atomic E-state index is 11.7. The standard InChI is InChI=1S/C12H12N2O3/c1-14-6-2-4-9(12(14)16)8-13-11(15)10-5-3-7-17-10/h2-7H,8H2,1H3,(H,13,15). The number of furan rings is 1. The molecule has 17 heavy (non-hydrogen) atoms. The lowest BCUT2D eigenvalue weighted by molar-refractivity contribution is 0.0923. The normalized spacial score (nSPS) is 10.2. The first kappa shape index (κ1) is 11.2. The average Bonchev–Trinajstić information content (AvgIpc) is 2.84. The highest BCUT2D eigenvalue weighted by atomic mass is 16.3. The van der Waals surface area contributed by atoms with Crippen LogP contribution < -0.4 is 10.9 Å². The van der Waals surface area contributed by atoms with Crippen molar-refractivity contribution in [1.29, 1.82) is 0 Å². The smallest absolute Gasteiger partial charge is 0.287 e. The minimum atomic E-state index is -0.332. The first-order valence-electron chi connectivity index (χ1n) is 5.14. The van der Waals surface area contributed by atoms with Crippen molar-refractivity contribution in [3.8, 4) is 0 Å². The number of hydrogen-bond acceptors (Lipinski definition) is 3. The third kappa shape index (κ3) is 2.44. The lowest BCUT2D eigenvalue weighted by atomic mass is 10.2. The molecule has 0 radical (unpaired) electrons. The quantitative estimate of drug-likeness (QED) is 0.855. The van der Waals surface area contributed by atoms with Crippen molar-refractivity contribution in [2.24, 2.45) is 7.05 Å². The number of hydrogen-bond donors (Lipinski definition) is 1. The summed E-state index contributed by atoms with van der Waals surface area (Å²) in [7, 11) is 1.67. The van der Waals surface area contributed by atoms with Crippen LogP contribution in [0.15, 0.2) is 45.9 Å². The lowest BCUT2D eigenvalue weighted by Gasteiger charge is -2.04. The van der Waals surface area contributed by atoms with Crippen molar-refractivity contribution < 1.29 is 9.21 Å². The molecule has 1 N–H and O–H groups in total. The van der Waals surface area contributed by atoms with Gasteiger partial charge in [-0.2, -0.15) is 0 Å². The van der Waals surface area contributed by atoms with E-state index in [0.29, 0.717) is 5.56 Å². The summed E-state index contributed by atoms with van der Waals surface area (Å²) >= 11 is 0. The fourth-order valence-electron chi connectivity index (χ4n) is 1.46. The molecule has 5 heteroatoms. The Morgan fingerprint density at radius 3 is 2.94 bits per heavy atom. The Morgan fingerprint density at radius 1 is 1.41 bits per heavy atom. The first-order chi connectivity index (χ1) is 8.18. The first-order valence-corrected chi connectivity index (χ1v) is 5.14. The van der Waals surface area contributed by atoms with Gasteiger partial charge in [0.1, 0.15) is 0 Å². The van der Waals surface area contributed by atoms with Crippen LogP contribution in [0.4, 0.5) is 0 Å². The largest absolute Gasteiger partial charge is 0.459 e. The van der Waals surface area contributed by atoms with Crippen molar-refractivity contribution in [2.75, 3.05) is 0 Å². The average molecular weight is 232 g/mol. The molecule has 0 bridgehead atoms. The van der Waals surface area contributed by atoms with Gasteiger partial charge in [-0.1, -0.05) is 6.07 Å². The van der Waals surface area contributed by atoms with Gasteiger partial charge in [-0.05, 0) is 18.2 Å². The number of carbonyl (C=O) groups excluding carboxylic acids is 1. The van der Waals surface area contributed by atoms with Crippen molar-refractivity contribution >= 4 is 5.91 Å². The predicted molar refractivity (Wildman–Crippen MR) is 61.6 cm³/mol. The zero-order valence-corrected chi connectivity index (χ0v) is 9.34. The van der Waals surface area contributed by atoms with E-state index in [2.05, 4.69) is 5.32 Å².